The smallest absolute Gasteiger partial charge is 0.412 e. The van der Waals surface area contributed by atoms with Gasteiger partial charge in [-0.2, -0.15) is 0 Å². The van der Waals surface area contributed by atoms with Crippen LogP contribution < -0.4 is 0 Å². The number of hydrogen-bond donors (Lipinski definition) is 1. The fourth-order valence-electron chi connectivity index (χ4n) is 3.62. The first-order chi connectivity index (χ1) is 15.7. The molecule has 0 aliphatic rings. The molecule has 0 unspecified atom stereocenters. The van der Waals surface area contributed by atoms with Crippen molar-refractivity contribution in [3.63, 3.8) is 0 Å². The summed E-state index contributed by atoms with van der Waals surface area (Å²) in [7, 11) is 3.34. The molecule has 0 saturated carbocycles. The Bertz CT molecular complexity index is 977. The van der Waals surface area contributed by atoms with Crippen molar-refractivity contribution in [3.8, 4) is 11.1 Å². The number of aliphatic hydroxyl groups is 1. The van der Waals surface area contributed by atoms with E-state index in [1.54, 1.807) is 47.1 Å². The molecule has 0 bridgehead atoms. The summed E-state index contributed by atoms with van der Waals surface area (Å²) in [5.74, 6) is -0.592. The zero-order valence-electron chi connectivity index (χ0n) is 21.3. The molecule has 0 spiro atoms. The third kappa shape index (κ3) is 6.76. The average Bonchev–Trinajstić information content (AvgIpc) is 2.74. The predicted octanol–water partition coefficient (Wildman–Crippen LogP) is 4.86. The molecule has 1 N–H and O–H groups in total. The highest BCUT2D eigenvalue weighted by Gasteiger charge is 2.40. The van der Waals surface area contributed by atoms with E-state index in [1.165, 1.54) is 18.7 Å². The fraction of sp³-hybridized carbons (Fsp3) is 0.500. The first-order valence-electron chi connectivity index (χ1n) is 11.2. The van der Waals surface area contributed by atoms with Crippen LogP contribution in [0.2, 0.25) is 0 Å². The summed E-state index contributed by atoms with van der Waals surface area (Å²) in [5.41, 5.74) is 0.479. The molecule has 2 rings (SSSR count). The van der Waals surface area contributed by atoms with Gasteiger partial charge in [0, 0.05) is 31.8 Å². The van der Waals surface area contributed by atoms with Gasteiger partial charge in [-0.05, 0) is 51.8 Å². The second-order valence-electron chi connectivity index (χ2n) is 10.1. The highest BCUT2D eigenvalue weighted by molar-refractivity contribution is 5.92. The Hall–Kier alpha value is -3.00. The first-order valence-corrected chi connectivity index (χ1v) is 11.2. The van der Waals surface area contributed by atoms with Crippen LogP contribution in [0.5, 0.6) is 0 Å². The van der Waals surface area contributed by atoms with Crippen molar-refractivity contribution in [3.05, 3.63) is 53.9 Å². The number of carbonyl (C=O) groups is 2. The van der Waals surface area contributed by atoms with E-state index in [4.69, 9.17) is 4.74 Å². The van der Waals surface area contributed by atoms with Crippen molar-refractivity contribution in [1.82, 2.24) is 14.8 Å². The quantitative estimate of drug-likeness (QED) is 0.581. The van der Waals surface area contributed by atoms with Crippen molar-refractivity contribution in [1.29, 1.82) is 0 Å². The Balaban J connectivity index is 2.28. The lowest BCUT2D eigenvalue weighted by atomic mass is 9.90. The average molecular weight is 474 g/mol. The zero-order valence-corrected chi connectivity index (χ0v) is 21.3. The van der Waals surface area contributed by atoms with Crippen LogP contribution in [0.4, 0.5) is 9.18 Å². The van der Waals surface area contributed by atoms with Gasteiger partial charge in [-0.1, -0.05) is 37.3 Å². The van der Waals surface area contributed by atoms with Gasteiger partial charge in [0.15, 0.2) is 0 Å². The Morgan fingerprint density at radius 3 is 2.00 bits per heavy atom. The maximum absolute atomic E-state index is 14.3. The molecule has 0 aliphatic carbocycles. The first kappa shape index (κ1) is 27.2. The molecular formula is C26H36FN3O4. The molecule has 1 aromatic carbocycles. The van der Waals surface area contributed by atoms with Gasteiger partial charge >= 0.3 is 6.09 Å². The number of halogens is 1. The highest BCUT2D eigenvalue weighted by Crippen LogP contribution is 2.31. The van der Waals surface area contributed by atoms with Gasteiger partial charge in [0.1, 0.15) is 23.7 Å². The van der Waals surface area contributed by atoms with Crippen molar-refractivity contribution >= 4 is 12.0 Å². The predicted molar refractivity (Wildman–Crippen MR) is 130 cm³/mol. The Labute approximate surface area is 201 Å². The van der Waals surface area contributed by atoms with Gasteiger partial charge in [0.2, 0.25) is 0 Å². The second-order valence-corrected chi connectivity index (χ2v) is 10.1. The molecule has 34 heavy (non-hydrogen) atoms. The van der Waals surface area contributed by atoms with Crippen LogP contribution in [0.15, 0.2) is 42.6 Å². The third-order valence-electron chi connectivity index (χ3n) is 5.41. The summed E-state index contributed by atoms with van der Waals surface area (Å²) in [6.07, 6.45) is 0.863. The summed E-state index contributed by atoms with van der Waals surface area (Å²) >= 11 is 0. The van der Waals surface area contributed by atoms with E-state index in [1.807, 2.05) is 37.3 Å². The monoisotopic (exact) mass is 473 g/mol. The summed E-state index contributed by atoms with van der Waals surface area (Å²) in [6, 6.07) is 10.1. The standard InChI is InChI=1S/C26H36FN3O4/c1-17(22(15-27)30(26(5,6)33)24(32)34-25(2,3)4)18-9-11-19(12-10-18)20-13-14-21(28-16-20)23(31)29(7)8/h9-14,16-17,22,33H,15H2,1-8H3/t17-,22-/m1/s1. The number of hydrogen-bond acceptors (Lipinski definition) is 5. The molecular weight excluding hydrogens is 437 g/mol. The molecule has 7 nitrogen and oxygen atoms in total. The maximum Gasteiger partial charge on any atom is 0.412 e. The molecule has 1 aromatic heterocycles. The van der Waals surface area contributed by atoms with Gasteiger partial charge in [-0.3, -0.25) is 14.7 Å². The molecule has 8 heteroatoms. The van der Waals surface area contributed by atoms with Crippen LogP contribution in [0.1, 0.15) is 63.5 Å². The lowest BCUT2D eigenvalue weighted by molar-refractivity contribution is -0.107. The fourth-order valence-corrected chi connectivity index (χ4v) is 3.62. The van der Waals surface area contributed by atoms with E-state index in [-0.39, 0.29) is 5.91 Å². The Morgan fingerprint density at radius 1 is 1.03 bits per heavy atom. The van der Waals surface area contributed by atoms with E-state index in [0.29, 0.717) is 5.69 Å². The third-order valence-corrected chi connectivity index (χ3v) is 5.41. The number of pyridine rings is 1. The van der Waals surface area contributed by atoms with Crippen molar-refractivity contribution < 1.29 is 23.8 Å². The van der Waals surface area contributed by atoms with E-state index in [9.17, 15) is 19.1 Å². The summed E-state index contributed by atoms with van der Waals surface area (Å²) in [4.78, 5) is 31.7. The van der Waals surface area contributed by atoms with Crippen LogP contribution in [-0.4, -0.2) is 70.0 Å². The number of rotatable bonds is 7. The van der Waals surface area contributed by atoms with Crippen LogP contribution >= 0.6 is 0 Å². The summed E-state index contributed by atoms with van der Waals surface area (Å²) in [6.45, 7) is 9.00. The number of alkyl halides is 1. The molecule has 0 saturated heterocycles. The van der Waals surface area contributed by atoms with Crippen LogP contribution in [0.25, 0.3) is 11.1 Å². The molecule has 0 radical (unpaired) electrons. The lowest BCUT2D eigenvalue weighted by Gasteiger charge is -2.42. The van der Waals surface area contributed by atoms with Crippen LogP contribution in [-0.2, 0) is 4.74 Å². The number of ether oxygens (including phenoxy) is 1. The van der Waals surface area contributed by atoms with Gasteiger partial charge in [0.25, 0.3) is 5.91 Å². The number of benzene rings is 1. The number of nitrogens with zero attached hydrogens (tertiary/aromatic N) is 3. The largest absolute Gasteiger partial charge is 0.444 e. The van der Waals surface area contributed by atoms with Gasteiger partial charge in [-0.25, -0.2) is 9.18 Å². The van der Waals surface area contributed by atoms with E-state index in [0.717, 1.165) is 21.6 Å². The molecule has 2 amide bonds. The van der Waals surface area contributed by atoms with Crippen molar-refractivity contribution in [2.75, 3.05) is 20.8 Å². The minimum absolute atomic E-state index is 0.172. The van der Waals surface area contributed by atoms with Crippen LogP contribution in [0.3, 0.4) is 0 Å². The normalized spacial score (nSPS) is 13.7. The second kappa shape index (κ2) is 10.5. The highest BCUT2D eigenvalue weighted by atomic mass is 19.1. The van der Waals surface area contributed by atoms with Gasteiger partial charge in [-0.15, -0.1) is 0 Å². The minimum atomic E-state index is -1.62. The van der Waals surface area contributed by atoms with Gasteiger partial charge in [0.05, 0.1) is 6.04 Å². The van der Waals surface area contributed by atoms with Crippen molar-refractivity contribution in [2.45, 2.75) is 64.8 Å². The molecule has 2 atom stereocenters. The Morgan fingerprint density at radius 2 is 1.59 bits per heavy atom. The topological polar surface area (TPSA) is 83.0 Å². The van der Waals surface area contributed by atoms with E-state index in [2.05, 4.69) is 4.98 Å². The lowest BCUT2D eigenvalue weighted by Crippen LogP contribution is -2.57. The van der Waals surface area contributed by atoms with Crippen LogP contribution in [0, 0.1) is 0 Å². The Kier molecular flexibility index (Phi) is 8.42. The molecule has 2 aromatic rings. The summed E-state index contributed by atoms with van der Waals surface area (Å²) < 4.78 is 19.7. The number of amides is 2. The zero-order chi connectivity index (χ0) is 25.8. The maximum atomic E-state index is 14.3. The minimum Gasteiger partial charge on any atom is -0.444 e. The molecule has 1 heterocycles. The van der Waals surface area contributed by atoms with Gasteiger partial charge < -0.3 is 14.7 Å². The summed E-state index contributed by atoms with van der Waals surface area (Å²) in [5, 5.41) is 10.7. The molecule has 0 aliphatic heterocycles. The SMILES string of the molecule is C[C@H](c1ccc(-c2ccc(C(=O)N(C)C)nc2)cc1)[C@@H](CF)N(C(=O)OC(C)(C)C)C(C)(C)O. The number of carbonyl (C=O) groups excluding carboxylic acids is 2. The van der Waals surface area contributed by atoms with Crippen molar-refractivity contribution in [2.24, 2.45) is 0 Å². The molecule has 0 fully saturated rings. The number of aromatic nitrogens is 1. The van der Waals surface area contributed by atoms with E-state index < -0.39 is 36.1 Å². The van der Waals surface area contributed by atoms with E-state index >= 15 is 0 Å². The molecule has 186 valence electrons.